The number of nitrogens with one attached hydrogen (secondary N) is 1. The number of halogens is 1. The standard InChI is InChI=1S/C14H13FN2OS2/c15-10-3-1-2-4-12(10)20-8-13-16-11-5-6-18-7-9(11)14(19)17-13/h1-4H,5-8H2,(H,16,17,19). The lowest BCUT2D eigenvalue weighted by molar-refractivity contribution is 0.108. The number of benzene rings is 1. The van der Waals surface area contributed by atoms with Crippen LogP contribution in [0.2, 0.25) is 0 Å². The van der Waals surface area contributed by atoms with Gasteiger partial charge in [-0.1, -0.05) is 24.4 Å². The number of aromatic amines is 1. The second kappa shape index (κ2) is 6.03. The Morgan fingerprint density at radius 2 is 2.25 bits per heavy atom. The molecule has 0 radical (unpaired) electrons. The van der Waals surface area contributed by atoms with Gasteiger partial charge in [0.2, 0.25) is 0 Å². The number of fused-ring (bicyclic) bond motifs is 1. The van der Waals surface area contributed by atoms with Gasteiger partial charge in [-0.25, -0.2) is 9.37 Å². The van der Waals surface area contributed by atoms with Crippen LogP contribution in [0.4, 0.5) is 4.39 Å². The van der Waals surface area contributed by atoms with Crippen molar-refractivity contribution in [3.8, 4) is 0 Å². The van der Waals surface area contributed by atoms with Crippen LogP contribution >= 0.6 is 24.0 Å². The van der Waals surface area contributed by atoms with Gasteiger partial charge in [0.15, 0.2) is 0 Å². The molecule has 1 aromatic heterocycles. The molecule has 3 rings (SSSR count). The summed E-state index contributed by atoms with van der Waals surface area (Å²) < 4.78 is 19.5. The molecule has 6 heteroatoms. The summed E-state index contributed by atoms with van der Waals surface area (Å²) in [7, 11) is 0. The molecule has 2 aromatic rings. The van der Waals surface area contributed by atoms with E-state index in [1.165, 1.54) is 17.8 Å². The van der Waals surface area contributed by atoms with E-state index in [2.05, 4.69) is 9.97 Å². The Balaban J connectivity index is 1.80. The van der Waals surface area contributed by atoms with Gasteiger partial charge in [0, 0.05) is 22.6 Å². The third kappa shape index (κ3) is 2.92. The predicted molar refractivity (Wildman–Crippen MR) is 78.7 cm³/mol. The fraction of sp³-hybridized carbons (Fsp3) is 0.286. The molecule has 20 heavy (non-hydrogen) atoms. The molecule has 0 unspecified atom stereocenters. The maximum absolute atomic E-state index is 13.6. The fourth-order valence-corrected chi connectivity index (χ4v) is 3.19. The summed E-state index contributed by atoms with van der Waals surface area (Å²) in [5, 5.41) is 0. The van der Waals surface area contributed by atoms with Crippen LogP contribution in [0.3, 0.4) is 0 Å². The SMILES string of the molecule is Fc1ccccc1SCc1nc(=S)c2c([nH]1)CCOC2. The number of hydrogen-bond acceptors (Lipinski definition) is 4. The van der Waals surface area contributed by atoms with Crippen molar-refractivity contribution in [3.05, 3.63) is 51.8 Å². The summed E-state index contributed by atoms with van der Waals surface area (Å²) >= 11 is 6.70. The van der Waals surface area contributed by atoms with Gasteiger partial charge in [0.1, 0.15) is 16.3 Å². The lowest BCUT2D eigenvalue weighted by Crippen LogP contribution is -2.14. The van der Waals surface area contributed by atoms with E-state index in [-0.39, 0.29) is 5.82 Å². The van der Waals surface area contributed by atoms with Gasteiger partial charge < -0.3 is 9.72 Å². The highest BCUT2D eigenvalue weighted by Crippen LogP contribution is 2.25. The summed E-state index contributed by atoms with van der Waals surface area (Å²) in [6.07, 6.45) is 0.818. The van der Waals surface area contributed by atoms with Gasteiger partial charge in [-0.3, -0.25) is 0 Å². The highest BCUT2D eigenvalue weighted by atomic mass is 32.2. The first-order valence-corrected chi connectivity index (χ1v) is 7.69. The summed E-state index contributed by atoms with van der Waals surface area (Å²) in [4.78, 5) is 8.28. The zero-order chi connectivity index (χ0) is 13.9. The molecule has 1 aliphatic rings. The zero-order valence-electron chi connectivity index (χ0n) is 10.7. The minimum atomic E-state index is -0.206. The molecular weight excluding hydrogens is 295 g/mol. The lowest BCUT2D eigenvalue weighted by atomic mass is 10.1. The van der Waals surface area contributed by atoms with Crippen LogP contribution in [0, 0.1) is 10.5 Å². The van der Waals surface area contributed by atoms with Crippen molar-refractivity contribution < 1.29 is 9.13 Å². The molecule has 0 aliphatic carbocycles. The summed E-state index contributed by atoms with van der Waals surface area (Å²) in [5.41, 5.74) is 2.08. The summed E-state index contributed by atoms with van der Waals surface area (Å²) in [6.45, 7) is 1.22. The van der Waals surface area contributed by atoms with Crippen LogP contribution in [0.25, 0.3) is 0 Å². The number of rotatable bonds is 3. The van der Waals surface area contributed by atoms with Crippen molar-refractivity contribution >= 4 is 24.0 Å². The van der Waals surface area contributed by atoms with Crippen LogP contribution in [0.15, 0.2) is 29.2 Å². The van der Waals surface area contributed by atoms with Gasteiger partial charge in [0.05, 0.1) is 19.0 Å². The number of hydrogen-bond donors (Lipinski definition) is 1. The zero-order valence-corrected chi connectivity index (χ0v) is 12.3. The molecule has 2 heterocycles. The Labute approximate surface area is 125 Å². The Bertz CT molecular complexity index is 687. The number of H-pyrrole nitrogens is 1. The second-order valence-corrected chi connectivity index (χ2v) is 5.87. The minimum Gasteiger partial charge on any atom is -0.376 e. The largest absolute Gasteiger partial charge is 0.376 e. The number of thioether (sulfide) groups is 1. The van der Waals surface area contributed by atoms with Crippen molar-refractivity contribution in [2.75, 3.05) is 6.61 Å². The third-order valence-corrected chi connectivity index (χ3v) is 4.50. The average molecular weight is 308 g/mol. The van der Waals surface area contributed by atoms with Crippen LogP contribution in [0.5, 0.6) is 0 Å². The summed E-state index contributed by atoms with van der Waals surface area (Å²) in [5.74, 6) is 1.14. The molecule has 0 saturated carbocycles. The van der Waals surface area contributed by atoms with E-state index >= 15 is 0 Å². The van der Waals surface area contributed by atoms with Crippen molar-refractivity contribution in [1.29, 1.82) is 0 Å². The first kappa shape index (κ1) is 13.7. The van der Waals surface area contributed by atoms with E-state index in [1.807, 2.05) is 6.07 Å². The molecule has 104 valence electrons. The maximum atomic E-state index is 13.6. The Morgan fingerprint density at radius 3 is 3.10 bits per heavy atom. The van der Waals surface area contributed by atoms with Gasteiger partial charge in [-0.2, -0.15) is 0 Å². The van der Waals surface area contributed by atoms with Crippen molar-refractivity contribution in [1.82, 2.24) is 9.97 Å². The van der Waals surface area contributed by atoms with Crippen molar-refractivity contribution in [2.45, 2.75) is 23.7 Å². The number of nitrogens with zero attached hydrogens (tertiary/aromatic N) is 1. The van der Waals surface area contributed by atoms with Crippen molar-refractivity contribution in [2.24, 2.45) is 0 Å². The smallest absolute Gasteiger partial charge is 0.136 e. The van der Waals surface area contributed by atoms with Crippen LogP contribution < -0.4 is 0 Å². The molecule has 0 bridgehead atoms. The van der Waals surface area contributed by atoms with Crippen LogP contribution in [0.1, 0.15) is 17.1 Å². The molecule has 0 amide bonds. The molecule has 1 aliphatic heterocycles. The molecule has 3 nitrogen and oxygen atoms in total. The molecule has 1 N–H and O–H groups in total. The summed E-state index contributed by atoms with van der Waals surface area (Å²) in [6, 6.07) is 6.73. The molecule has 0 fully saturated rings. The maximum Gasteiger partial charge on any atom is 0.136 e. The van der Waals surface area contributed by atoms with E-state index in [9.17, 15) is 4.39 Å². The van der Waals surface area contributed by atoms with Gasteiger partial charge >= 0.3 is 0 Å². The highest BCUT2D eigenvalue weighted by Gasteiger charge is 2.14. The van der Waals surface area contributed by atoms with Crippen LogP contribution in [-0.2, 0) is 23.5 Å². The van der Waals surface area contributed by atoms with E-state index in [0.717, 1.165) is 23.5 Å². The fourth-order valence-electron chi connectivity index (χ4n) is 2.08. The second-order valence-electron chi connectivity index (χ2n) is 4.47. The van der Waals surface area contributed by atoms with Gasteiger partial charge in [-0.15, -0.1) is 11.8 Å². The Morgan fingerprint density at radius 1 is 1.40 bits per heavy atom. The van der Waals surface area contributed by atoms with E-state index in [0.29, 0.717) is 28.5 Å². The van der Waals surface area contributed by atoms with Crippen LogP contribution in [-0.4, -0.2) is 16.6 Å². The monoisotopic (exact) mass is 308 g/mol. The Hall–Kier alpha value is -1.24. The lowest BCUT2D eigenvalue weighted by Gasteiger charge is -2.17. The van der Waals surface area contributed by atoms with E-state index in [4.69, 9.17) is 17.0 Å². The number of aromatic nitrogens is 2. The topological polar surface area (TPSA) is 37.9 Å². The predicted octanol–water partition coefficient (Wildman–Crippen LogP) is 3.64. The van der Waals surface area contributed by atoms with E-state index < -0.39 is 0 Å². The third-order valence-electron chi connectivity index (χ3n) is 3.10. The molecule has 0 saturated heterocycles. The highest BCUT2D eigenvalue weighted by molar-refractivity contribution is 7.98. The van der Waals surface area contributed by atoms with Crippen molar-refractivity contribution in [3.63, 3.8) is 0 Å². The average Bonchev–Trinajstić information content (AvgIpc) is 2.46. The van der Waals surface area contributed by atoms with Gasteiger partial charge in [-0.05, 0) is 12.1 Å². The minimum absolute atomic E-state index is 0.206. The Kier molecular flexibility index (Phi) is 4.14. The first-order valence-electron chi connectivity index (χ1n) is 6.30. The van der Waals surface area contributed by atoms with E-state index in [1.54, 1.807) is 12.1 Å². The quantitative estimate of drug-likeness (QED) is 0.694. The molecule has 0 atom stereocenters. The number of ether oxygens (including phenoxy) is 1. The van der Waals surface area contributed by atoms with Gasteiger partial charge in [0.25, 0.3) is 0 Å². The molecular formula is C14H13FN2OS2. The molecule has 0 spiro atoms. The first-order chi connectivity index (χ1) is 9.74. The molecule has 1 aromatic carbocycles. The normalized spacial score (nSPS) is 14.1.